The van der Waals surface area contributed by atoms with Crippen molar-refractivity contribution in [2.24, 2.45) is 0 Å². The van der Waals surface area contributed by atoms with Gasteiger partial charge in [-0.2, -0.15) is 5.10 Å². The van der Waals surface area contributed by atoms with E-state index in [4.69, 9.17) is 0 Å². The van der Waals surface area contributed by atoms with Crippen LogP contribution in [-0.4, -0.2) is 52.5 Å². The Morgan fingerprint density at radius 2 is 2.03 bits per heavy atom. The summed E-state index contributed by atoms with van der Waals surface area (Å²) in [4.78, 5) is 38.8. The van der Waals surface area contributed by atoms with Crippen LogP contribution in [0.2, 0.25) is 0 Å². The first-order valence-electron chi connectivity index (χ1n) is 9.12. The number of hydrogen-bond acceptors (Lipinski definition) is 5. The number of nitrogens with zero attached hydrogens (tertiary/aromatic N) is 2. The number of benzene rings is 1. The third kappa shape index (κ3) is 4.35. The van der Waals surface area contributed by atoms with E-state index in [1.165, 1.54) is 4.90 Å². The molecule has 9 heteroatoms. The van der Waals surface area contributed by atoms with Gasteiger partial charge in [-0.3, -0.25) is 19.5 Å². The lowest BCUT2D eigenvalue weighted by Crippen LogP contribution is -2.49. The summed E-state index contributed by atoms with van der Waals surface area (Å²) in [5.41, 5.74) is 2.51. The van der Waals surface area contributed by atoms with E-state index in [1.54, 1.807) is 41.7 Å². The van der Waals surface area contributed by atoms with Gasteiger partial charge in [-0.25, -0.2) is 0 Å². The van der Waals surface area contributed by atoms with Crippen LogP contribution in [0.4, 0.5) is 0 Å². The van der Waals surface area contributed by atoms with Gasteiger partial charge in [0, 0.05) is 25.2 Å². The third-order valence-electron chi connectivity index (χ3n) is 4.58. The first-order valence-corrected chi connectivity index (χ1v) is 10.0. The predicted molar refractivity (Wildman–Crippen MR) is 108 cm³/mol. The van der Waals surface area contributed by atoms with E-state index in [9.17, 15) is 14.4 Å². The summed E-state index contributed by atoms with van der Waals surface area (Å²) < 4.78 is 0. The molecule has 0 bridgehead atoms. The van der Waals surface area contributed by atoms with Crippen molar-refractivity contribution in [1.29, 1.82) is 0 Å². The molecule has 4 rings (SSSR count). The van der Waals surface area contributed by atoms with Gasteiger partial charge >= 0.3 is 0 Å². The van der Waals surface area contributed by atoms with Gasteiger partial charge < -0.3 is 15.5 Å². The molecule has 0 atom stereocenters. The molecule has 3 N–H and O–H groups in total. The van der Waals surface area contributed by atoms with E-state index in [2.05, 4.69) is 20.8 Å². The maximum Gasteiger partial charge on any atom is 0.272 e. The maximum atomic E-state index is 12.5. The number of aromatic nitrogens is 2. The SMILES string of the molecule is O=C1CN(C(=O)c2ccc(CNC(=O)c3cc(-c4cccs4)[nH]n3)cc2)CCN1. The van der Waals surface area contributed by atoms with Crippen LogP contribution in [0.3, 0.4) is 0 Å². The number of H-pyrrole nitrogens is 1. The zero-order chi connectivity index (χ0) is 20.2. The molecular weight excluding hydrogens is 390 g/mol. The van der Waals surface area contributed by atoms with Gasteiger partial charge in [-0.05, 0) is 35.2 Å². The fourth-order valence-corrected chi connectivity index (χ4v) is 3.72. The highest BCUT2D eigenvalue weighted by Crippen LogP contribution is 2.22. The Hall–Kier alpha value is -3.46. The number of nitrogens with one attached hydrogen (secondary N) is 3. The van der Waals surface area contributed by atoms with Gasteiger partial charge in [0.2, 0.25) is 5.91 Å². The van der Waals surface area contributed by atoms with Gasteiger partial charge in [-0.1, -0.05) is 18.2 Å². The number of carbonyl (C=O) groups excluding carboxylic acids is 3. The Morgan fingerprint density at radius 3 is 2.76 bits per heavy atom. The molecule has 1 aromatic carbocycles. The molecule has 3 amide bonds. The third-order valence-corrected chi connectivity index (χ3v) is 5.48. The molecule has 8 nitrogen and oxygen atoms in total. The Kier molecular flexibility index (Phi) is 5.39. The molecule has 1 fully saturated rings. The van der Waals surface area contributed by atoms with Crippen LogP contribution < -0.4 is 10.6 Å². The quantitative estimate of drug-likeness (QED) is 0.595. The highest BCUT2D eigenvalue weighted by Gasteiger charge is 2.22. The zero-order valence-electron chi connectivity index (χ0n) is 15.5. The van der Waals surface area contributed by atoms with Crippen molar-refractivity contribution in [2.45, 2.75) is 6.54 Å². The molecule has 3 aromatic rings. The molecule has 1 aliphatic rings. The summed E-state index contributed by atoms with van der Waals surface area (Å²) in [5.74, 6) is -0.596. The largest absolute Gasteiger partial charge is 0.353 e. The summed E-state index contributed by atoms with van der Waals surface area (Å²) in [7, 11) is 0. The average Bonchev–Trinajstić information content (AvgIpc) is 3.43. The van der Waals surface area contributed by atoms with Crippen molar-refractivity contribution in [2.75, 3.05) is 19.6 Å². The predicted octanol–water partition coefficient (Wildman–Crippen LogP) is 1.64. The normalized spacial score (nSPS) is 13.8. The summed E-state index contributed by atoms with van der Waals surface area (Å²) in [6, 6.07) is 12.6. The Bertz CT molecular complexity index is 1030. The molecule has 2 aromatic heterocycles. The molecule has 0 unspecified atom stereocenters. The van der Waals surface area contributed by atoms with E-state index in [-0.39, 0.29) is 24.3 Å². The number of piperazine rings is 1. The van der Waals surface area contributed by atoms with Crippen LogP contribution in [-0.2, 0) is 11.3 Å². The van der Waals surface area contributed by atoms with Crippen molar-refractivity contribution >= 4 is 29.1 Å². The van der Waals surface area contributed by atoms with Crippen molar-refractivity contribution in [3.05, 3.63) is 64.7 Å². The first kappa shape index (κ1) is 18.9. The lowest BCUT2D eigenvalue weighted by molar-refractivity contribution is -0.123. The van der Waals surface area contributed by atoms with Crippen molar-refractivity contribution < 1.29 is 14.4 Å². The molecule has 0 spiro atoms. The standard InChI is InChI=1S/C20H19N5O3S/c26-18-12-25(8-7-21-18)20(28)14-5-3-13(4-6-14)11-22-19(27)16-10-15(23-24-16)17-2-1-9-29-17/h1-6,9-10H,7-8,11-12H2,(H,21,26)(H,22,27)(H,23,24). The summed E-state index contributed by atoms with van der Waals surface area (Å²) in [6.45, 7) is 1.37. The number of thiophene rings is 1. The van der Waals surface area contributed by atoms with Crippen LogP contribution >= 0.6 is 11.3 Å². The van der Waals surface area contributed by atoms with Crippen molar-refractivity contribution in [3.8, 4) is 10.6 Å². The molecule has 0 aliphatic carbocycles. The van der Waals surface area contributed by atoms with Crippen molar-refractivity contribution in [1.82, 2.24) is 25.7 Å². The topological polar surface area (TPSA) is 107 Å². The molecule has 0 radical (unpaired) electrons. The van der Waals surface area contributed by atoms with Gasteiger partial charge in [0.05, 0.1) is 17.1 Å². The summed E-state index contributed by atoms with van der Waals surface area (Å²) in [5, 5.41) is 14.4. The van der Waals surface area contributed by atoms with Crippen molar-refractivity contribution in [3.63, 3.8) is 0 Å². The molecule has 29 heavy (non-hydrogen) atoms. The van der Waals surface area contributed by atoms with Crippen LogP contribution in [0.15, 0.2) is 47.8 Å². The Labute approximate surface area is 170 Å². The van der Waals surface area contributed by atoms with E-state index in [0.29, 0.717) is 30.9 Å². The minimum atomic E-state index is -0.275. The maximum absolute atomic E-state index is 12.5. The number of aromatic amines is 1. The van der Waals surface area contributed by atoms with Crippen LogP contribution in [0.5, 0.6) is 0 Å². The van der Waals surface area contributed by atoms with Gasteiger partial charge in [0.15, 0.2) is 5.69 Å². The molecule has 148 valence electrons. The summed E-state index contributed by atoms with van der Waals surface area (Å²) >= 11 is 1.57. The van der Waals surface area contributed by atoms with Crippen LogP contribution in [0.25, 0.3) is 10.6 Å². The van der Waals surface area contributed by atoms with E-state index in [0.717, 1.165) is 16.1 Å². The summed E-state index contributed by atoms with van der Waals surface area (Å²) in [6.07, 6.45) is 0. The number of hydrogen-bond donors (Lipinski definition) is 3. The molecule has 1 saturated heterocycles. The first-order chi connectivity index (χ1) is 14.1. The van der Waals surface area contributed by atoms with Gasteiger partial charge in [0.25, 0.3) is 11.8 Å². The monoisotopic (exact) mass is 409 g/mol. The van der Waals surface area contributed by atoms with Crippen LogP contribution in [0.1, 0.15) is 26.4 Å². The minimum Gasteiger partial charge on any atom is -0.353 e. The van der Waals surface area contributed by atoms with E-state index in [1.807, 2.05) is 17.5 Å². The fourth-order valence-electron chi connectivity index (χ4n) is 3.03. The second-order valence-corrected chi connectivity index (χ2v) is 7.55. The van der Waals surface area contributed by atoms with Gasteiger partial charge in [-0.15, -0.1) is 11.3 Å². The second-order valence-electron chi connectivity index (χ2n) is 6.60. The zero-order valence-corrected chi connectivity index (χ0v) is 16.3. The Morgan fingerprint density at radius 1 is 1.21 bits per heavy atom. The molecule has 0 saturated carbocycles. The van der Waals surface area contributed by atoms with E-state index < -0.39 is 0 Å². The van der Waals surface area contributed by atoms with Crippen LogP contribution in [0, 0.1) is 0 Å². The number of carbonyl (C=O) groups is 3. The molecule has 1 aliphatic heterocycles. The Balaban J connectivity index is 1.34. The number of rotatable bonds is 5. The highest BCUT2D eigenvalue weighted by atomic mass is 32.1. The van der Waals surface area contributed by atoms with E-state index >= 15 is 0 Å². The lowest BCUT2D eigenvalue weighted by atomic mass is 10.1. The highest BCUT2D eigenvalue weighted by molar-refractivity contribution is 7.13. The smallest absolute Gasteiger partial charge is 0.272 e. The fraction of sp³-hybridized carbons (Fsp3) is 0.200. The second kappa shape index (κ2) is 8.27. The number of amides is 3. The molecular formula is C20H19N5O3S. The van der Waals surface area contributed by atoms with Gasteiger partial charge in [0.1, 0.15) is 0 Å². The molecule has 3 heterocycles. The lowest BCUT2D eigenvalue weighted by Gasteiger charge is -2.26. The minimum absolute atomic E-state index is 0.0771. The average molecular weight is 409 g/mol.